The molecule has 4 atom stereocenters. The predicted molar refractivity (Wildman–Crippen MR) is 430 cm³/mol. The van der Waals surface area contributed by atoms with Crippen LogP contribution in [0.1, 0.15) is 110 Å². The zero-order valence-corrected chi connectivity index (χ0v) is 61.4. The Kier molecular flexibility index (Phi) is 18.5. The summed E-state index contributed by atoms with van der Waals surface area (Å²) in [6.07, 6.45) is 15.4. The number of aryl methyl sites for hydroxylation is 2. The van der Waals surface area contributed by atoms with E-state index >= 15 is 0 Å². The fraction of sp³-hybridized carbons (Fsp3) is 0.209. The number of aliphatic imine (C=N–C) groups is 4. The van der Waals surface area contributed by atoms with Crippen LogP contribution in [-0.4, -0.2) is 115 Å². The Morgan fingerprint density at radius 2 is 0.699 bits per heavy atom. The molecule has 564 valence electrons. The van der Waals surface area contributed by atoms with E-state index in [0.717, 1.165) is 151 Å². The molecule has 21 rings (SSSR count). The summed E-state index contributed by atoms with van der Waals surface area (Å²) in [5.41, 5.74) is 22.1. The van der Waals surface area contributed by atoms with Gasteiger partial charge in [0, 0.05) is 146 Å². The van der Waals surface area contributed by atoms with Gasteiger partial charge >= 0.3 is 30.3 Å². The number of amides is 8. The zero-order chi connectivity index (χ0) is 77.0. The minimum absolute atomic E-state index is 0.0430. The fourth-order valence-corrected chi connectivity index (χ4v) is 15.5. The molecule has 12 heterocycles. The number of H-pyrrole nitrogens is 4. The molecule has 4 unspecified atom stereocenters. The van der Waals surface area contributed by atoms with E-state index in [1.165, 1.54) is 35.2 Å². The highest BCUT2D eigenvalue weighted by molar-refractivity contribution is 5.99. The van der Waals surface area contributed by atoms with Crippen LogP contribution in [0.5, 0.6) is 0 Å². The van der Waals surface area contributed by atoms with Gasteiger partial charge in [0.15, 0.2) is 0 Å². The third-order valence-electron chi connectivity index (χ3n) is 21.7. The number of hydrogen-bond acceptors (Lipinski definition) is 12. The van der Waals surface area contributed by atoms with Gasteiger partial charge in [0.1, 0.15) is 29.0 Å². The van der Waals surface area contributed by atoms with E-state index in [1.807, 2.05) is 139 Å². The number of anilines is 4. The van der Waals surface area contributed by atoms with Crippen molar-refractivity contribution in [3.8, 4) is 45.4 Å². The van der Waals surface area contributed by atoms with Crippen molar-refractivity contribution in [2.24, 2.45) is 20.0 Å². The van der Waals surface area contributed by atoms with Crippen molar-refractivity contribution in [1.82, 2.24) is 61.1 Å². The number of aromatic nitrogens is 8. The molecule has 8 aliphatic heterocycles. The normalized spacial score (nSPS) is 18.6. The summed E-state index contributed by atoms with van der Waals surface area (Å²) >= 11 is 0. The van der Waals surface area contributed by atoms with Crippen LogP contribution in [0.2, 0.25) is 0 Å². The molecule has 0 bridgehead atoms. The molecule has 24 nitrogen and oxygen atoms in total. The number of halogens is 3. The van der Waals surface area contributed by atoms with E-state index < -0.39 is 11.9 Å². The molecule has 0 radical (unpaired) electrons. The molecule has 1 saturated carbocycles. The van der Waals surface area contributed by atoms with E-state index in [9.17, 15) is 32.3 Å². The number of carbonyl (C=O) groups excluding carboxylic acids is 4. The van der Waals surface area contributed by atoms with Gasteiger partial charge < -0.3 is 41.2 Å². The molecule has 12 aromatic rings. The van der Waals surface area contributed by atoms with Crippen molar-refractivity contribution in [3.63, 3.8) is 0 Å². The van der Waals surface area contributed by atoms with Crippen molar-refractivity contribution >= 4 is 94.5 Å². The maximum Gasteiger partial charge on any atom is 0.432 e. The first-order valence-electron chi connectivity index (χ1n) is 37.6. The lowest BCUT2D eigenvalue weighted by Crippen LogP contribution is -2.29. The average molecular weight is 1510 g/mol. The van der Waals surface area contributed by atoms with Gasteiger partial charge in [-0.3, -0.25) is 39.6 Å². The van der Waals surface area contributed by atoms with Gasteiger partial charge in [0.05, 0.1) is 65.0 Å². The number of fused-ring (bicyclic) bond motifs is 4. The van der Waals surface area contributed by atoms with E-state index in [2.05, 4.69) is 160 Å². The Labute approximate surface area is 646 Å². The number of urea groups is 4. The minimum atomic E-state index is -4.47. The van der Waals surface area contributed by atoms with E-state index in [1.54, 1.807) is 29.2 Å². The lowest BCUT2D eigenvalue weighted by molar-refractivity contribution is -0.140. The van der Waals surface area contributed by atoms with Crippen LogP contribution in [0.25, 0.3) is 45.4 Å². The van der Waals surface area contributed by atoms with Crippen molar-refractivity contribution in [1.29, 1.82) is 0 Å². The monoisotopic (exact) mass is 1510 g/mol. The molecule has 4 aromatic heterocycles. The molecule has 9 aliphatic rings. The summed E-state index contributed by atoms with van der Waals surface area (Å²) in [7, 11) is 0. The van der Waals surface area contributed by atoms with Gasteiger partial charge in [-0.15, -0.1) is 0 Å². The second kappa shape index (κ2) is 29.5. The third-order valence-corrected chi connectivity index (χ3v) is 21.7. The molecule has 0 spiro atoms. The van der Waals surface area contributed by atoms with Gasteiger partial charge in [0.2, 0.25) is 0 Å². The largest absolute Gasteiger partial charge is 0.432 e. The van der Waals surface area contributed by atoms with Crippen LogP contribution in [0.3, 0.4) is 0 Å². The van der Waals surface area contributed by atoms with E-state index in [4.69, 9.17) is 0 Å². The first-order chi connectivity index (χ1) is 55.0. The summed E-state index contributed by atoms with van der Waals surface area (Å²) < 4.78 is 38.4. The Morgan fingerprint density at radius 3 is 1.02 bits per heavy atom. The molecule has 8 amide bonds. The summed E-state index contributed by atoms with van der Waals surface area (Å²) in [6.45, 7) is 6.11. The van der Waals surface area contributed by atoms with Gasteiger partial charge in [-0.1, -0.05) is 121 Å². The number of nitrogens with one attached hydrogen (secondary N) is 8. The number of rotatable bonds is 13. The first-order valence-corrected chi connectivity index (χ1v) is 37.6. The lowest BCUT2D eigenvalue weighted by atomic mass is 10.0. The van der Waals surface area contributed by atoms with Crippen LogP contribution >= 0.6 is 0 Å². The molecular formula is C86H75F3N20O4. The van der Waals surface area contributed by atoms with Crippen molar-refractivity contribution in [2.75, 3.05) is 45.8 Å². The molecule has 4 saturated heterocycles. The van der Waals surface area contributed by atoms with Crippen molar-refractivity contribution in [3.05, 3.63) is 262 Å². The SMILES string of the molecule is Cc1cnc(-c2ccc(C3CNC(=O)N3c3ccc4c(c3)N=CC4)cc2)[nH]1.Cc1ncc(-c2ccc(C3CNC(=O)N3c3ccc4c(c3)N=CC4)cc2)[nH]1.O=C1NCC(c2ccc(-c3ncc(C(F)(F)F)[nH]3)cc2)N1c1ccc2c(c1)N=CC2.O=C1NCC(c2ccc(-c3ncc(C4CC4)[nH]3)cc2)N1c1ccc2c(c1)N=CC2. The summed E-state index contributed by atoms with van der Waals surface area (Å²) in [4.78, 5) is 104. The fourth-order valence-electron chi connectivity index (χ4n) is 15.5. The topological polar surface area (TPSA) is 294 Å². The molecule has 8 N–H and O–H groups in total. The highest BCUT2D eigenvalue weighted by Crippen LogP contribution is 2.43. The third kappa shape index (κ3) is 14.4. The highest BCUT2D eigenvalue weighted by Gasteiger charge is 2.39. The van der Waals surface area contributed by atoms with Crippen LogP contribution in [0.15, 0.2) is 215 Å². The molecule has 27 heteroatoms. The van der Waals surface area contributed by atoms with Gasteiger partial charge in [-0.25, -0.2) is 39.1 Å². The predicted octanol–water partition coefficient (Wildman–Crippen LogP) is 16.9. The van der Waals surface area contributed by atoms with Gasteiger partial charge in [0.25, 0.3) is 0 Å². The summed E-state index contributed by atoms with van der Waals surface area (Å²) in [6, 6.07) is 55.0. The quantitative estimate of drug-likeness (QED) is 0.0548. The standard InChI is InChI=1S/C23H21N5O.C21H16F3N5O.2C21H19N5O/c29-23-26-13-21(28(23)18-8-7-15-9-10-24-19(15)11-18)16-3-5-17(6-4-16)22-25-12-20(27-22)14-1-2-14;22-21(23,24)18-11-26-19(28-18)14-3-1-13(2-4-14)17-10-27-20(30)29(17)15-6-5-12-7-8-25-16(12)9-15;1-13-23-11-19(25-13)14-2-4-16(5-3-14)20-12-24-21(27)26(20)17-7-6-15-8-9-22-18(15)10-17;1-13-11-23-20(25-13)16-4-2-15(3-5-16)19-12-24-21(27)26(19)17-7-6-14-8-9-22-18(14)10-17/h3-8,10-12,14,21H,1-2,9,13H2,(H,25,27)(H,26,29);1-6,8-9,11,17H,7,10H2,(H,26,28)(H,27,30);2-7,9-11,20H,8,12H2,1H3,(H,23,25)(H,24,27);2-7,9-11,19H,8,12H2,1H3,(H,23,25)(H,24,27). The smallest absolute Gasteiger partial charge is 0.342 e. The Balaban J connectivity index is 0.000000105. The Morgan fingerprint density at radius 1 is 0.363 bits per heavy atom. The number of carbonyl (C=O) groups is 4. The maximum absolute atomic E-state index is 12.8. The lowest BCUT2D eigenvalue weighted by Gasteiger charge is -2.24. The molecule has 1 aliphatic carbocycles. The van der Waals surface area contributed by atoms with Crippen molar-refractivity contribution in [2.45, 2.75) is 88.6 Å². The van der Waals surface area contributed by atoms with Crippen molar-refractivity contribution < 1.29 is 32.3 Å². The molecular weight excluding hydrogens is 1430 g/mol. The number of imidazole rings is 4. The van der Waals surface area contributed by atoms with Crippen LogP contribution in [-0.2, 0) is 31.9 Å². The Hall–Kier alpha value is -13.9. The summed E-state index contributed by atoms with van der Waals surface area (Å²) in [5.74, 6) is 3.46. The molecule has 5 fully saturated rings. The Bertz CT molecular complexity index is 5630. The van der Waals surface area contributed by atoms with Gasteiger partial charge in [-0.2, -0.15) is 13.2 Å². The number of aromatic amines is 4. The minimum Gasteiger partial charge on any atom is -0.342 e. The molecule has 8 aromatic carbocycles. The summed E-state index contributed by atoms with van der Waals surface area (Å²) in [5, 5.41) is 11.8. The van der Waals surface area contributed by atoms with Crippen LogP contribution in [0.4, 0.5) is 77.8 Å². The van der Waals surface area contributed by atoms with Crippen LogP contribution in [0, 0.1) is 13.8 Å². The second-order valence-electron chi connectivity index (χ2n) is 29.0. The van der Waals surface area contributed by atoms with Crippen LogP contribution < -0.4 is 40.9 Å². The maximum atomic E-state index is 12.8. The average Bonchev–Trinajstić information content (AvgIpc) is 1.67. The number of nitrogens with zero attached hydrogens (tertiary/aromatic N) is 12. The number of hydrogen-bond donors (Lipinski definition) is 8. The van der Waals surface area contributed by atoms with E-state index in [-0.39, 0.29) is 54.1 Å². The molecule has 113 heavy (non-hydrogen) atoms. The highest BCUT2D eigenvalue weighted by atomic mass is 19.4. The van der Waals surface area contributed by atoms with E-state index in [0.29, 0.717) is 37.7 Å². The second-order valence-corrected chi connectivity index (χ2v) is 29.0. The number of benzene rings is 8. The number of alkyl halides is 3. The first kappa shape index (κ1) is 70.8. The zero-order valence-electron chi connectivity index (χ0n) is 61.4. The van der Waals surface area contributed by atoms with Gasteiger partial charge in [-0.05, 0) is 125 Å².